The van der Waals surface area contributed by atoms with Gasteiger partial charge in [0.25, 0.3) is 0 Å². The molecule has 20 heavy (non-hydrogen) atoms. The lowest BCUT2D eigenvalue weighted by Crippen LogP contribution is -2.47. The van der Waals surface area contributed by atoms with Crippen LogP contribution in [0.3, 0.4) is 0 Å². The normalized spacial score (nSPS) is 12.2. The molecular formula is C13H22N3O4+. The summed E-state index contributed by atoms with van der Waals surface area (Å²) in [5.41, 5.74) is -1.04. The van der Waals surface area contributed by atoms with Crippen LogP contribution in [0.2, 0.25) is 0 Å². The van der Waals surface area contributed by atoms with E-state index in [2.05, 4.69) is 4.98 Å². The van der Waals surface area contributed by atoms with Gasteiger partial charge in [0.2, 0.25) is 5.39 Å². The van der Waals surface area contributed by atoms with Crippen LogP contribution >= 0.6 is 0 Å². The van der Waals surface area contributed by atoms with E-state index in [1.807, 2.05) is 0 Å². The molecule has 0 atom stereocenters. The highest BCUT2D eigenvalue weighted by Gasteiger charge is 2.37. The molecule has 0 radical (unpaired) electrons. The summed E-state index contributed by atoms with van der Waals surface area (Å²) in [5.74, 6) is -1.45. The van der Waals surface area contributed by atoms with Crippen LogP contribution < -0.4 is 0 Å². The maximum atomic E-state index is 12.2. The van der Waals surface area contributed by atoms with E-state index >= 15 is 0 Å². The fourth-order valence-electron chi connectivity index (χ4n) is 1.58. The van der Waals surface area contributed by atoms with E-state index in [4.69, 9.17) is 10.1 Å². The number of diazo groups is 1. The van der Waals surface area contributed by atoms with Crippen molar-refractivity contribution in [3.05, 3.63) is 16.4 Å². The van der Waals surface area contributed by atoms with Crippen molar-refractivity contribution in [3.8, 4) is 0 Å². The van der Waals surface area contributed by atoms with Gasteiger partial charge in [-0.05, 0) is 27.7 Å². The fraction of sp³-hybridized carbons (Fsp3) is 0.692. The lowest BCUT2D eigenvalue weighted by Gasteiger charge is -2.33. The van der Waals surface area contributed by atoms with E-state index in [9.17, 15) is 14.7 Å². The third kappa shape index (κ3) is 5.26. The number of ether oxygens (including phenoxy) is 1. The Morgan fingerprint density at radius 1 is 1.35 bits per heavy atom. The summed E-state index contributed by atoms with van der Waals surface area (Å²) in [6.45, 7) is 8.65. The Labute approximate surface area is 118 Å². The molecule has 112 valence electrons. The number of amides is 1. The molecule has 0 aliphatic rings. The highest BCUT2D eigenvalue weighted by atomic mass is 16.5. The van der Waals surface area contributed by atoms with Gasteiger partial charge in [-0.1, -0.05) is 0 Å². The van der Waals surface area contributed by atoms with Crippen LogP contribution in [0.1, 0.15) is 41.0 Å². The molecule has 0 spiro atoms. The maximum absolute atomic E-state index is 12.2. The molecule has 0 rings (SSSR count). The Morgan fingerprint density at radius 2 is 1.90 bits per heavy atom. The van der Waals surface area contributed by atoms with Gasteiger partial charge in [0, 0.05) is 19.0 Å². The van der Waals surface area contributed by atoms with Crippen molar-refractivity contribution in [3.63, 3.8) is 0 Å². The lowest BCUT2D eigenvalue weighted by atomic mass is 10.0. The Kier molecular flexibility index (Phi) is 6.69. The minimum Gasteiger partial charge on any atom is -0.505 e. The zero-order valence-corrected chi connectivity index (χ0v) is 12.6. The third-order valence-corrected chi connectivity index (χ3v) is 2.55. The van der Waals surface area contributed by atoms with E-state index in [1.165, 1.54) is 11.8 Å². The van der Waals surface area contributed by atoms with Gasteiger partial charge in [-0.3, -0.25) is 9.59 Å². The number of allylic oxidation sites excluding steroid dienone is 1. The number of carbonyl (C=O) groups excluding carboxylic acids is 2. The van der Waals surface area contributed by atoms with E-state index in [0.717, 1.165) is 0 Å². The molecule has 0 saturated heterocycles. The van der Waals surface area contributed by atoms with Crippen LogP contribution in [-0.2, 0) is 14.3 Å². The van der Waals surface area contributed by atoms with E-state index < -0.39 is 23.1 Å². The molecule has 0 fully saturated rings. The first-order chi connectivity index (χ1) is 9.15. The quantitative estimate of drug-likeness (QED) is 0.361. The average Bonchev–Trinajstić information content (AvgIpc) is 2.27. The second-order valence-corrected chi connectivity index (χ2v) is 5.22. The van der Waals surface area contributed by atoms with Gasteiger partial charge in [-0.2, -0.15) is 0 Å². The summed E-state index contributed by atoms with van der Waals surface area (Å²) in [6.07, 6.45) is 0.0278. The number of nitrogens with zero attached hydrogens (tertiary/aromatic N) is 3. The van der Waals surface area contributed by atoms with Gasteiger partial charge in [0.15, 0.2) is 10.7 Å². The summed E-state index contributed by atoms with van der Waals surface area (Å²) in [6, 6.07) is 0. The van der Waals surface area contributed by atoms with Crippen molar-refractivity contribution in [2.75, 3.05) is 13.2 Å². The monoisotopic (exact) mass is 284 g/mol. The third-order valence-electron chi connectivity index (χ3n) is 2.55. The minimum absolute atomic E-state index is 0.0278. The molecule has 1 N–H and O–H groups in total. The number of esters is 1. The second-order valence-electron chi connectivity index (χ2n) is 5.22. The van der Waals surface area contributed by atoms with Gasteiger partial charge in [0.1, 0.15) is 0 Å². The molecule has 0 saturated carbocycles. The van der Waals surface area contributed by atoms with E-state index in [1.54, 1.807) is 27.7 Å². The predicted octanol–water partition coefficient (Wildman–Crippen LogP) is 2.21. The van der Waals surface area contributed by atoms with Gasteiger partial charge < -0.3 is 14.7 Å². The zero-order valence-electron chi connectivity index (χ0n) is 12.6. The Hall–Kier alpha value is -2.10. The van der Waals surface area contributed by atoms with Crippen molar-refractivity contribution in [1.29, 1.82) is 5.39 Å². The van der Waals surface area contributed by atoms with Gasteiger partial charge >= 0.3 is 17.6 Å². The Balaban J connectivity index is 5.12. The summed E-state index contributed by atoms with van der Waals surface area (Å²) < 4.78 is 4.81. The highest BCUT2D eigenvalue weighted by molar-refractivity contribution is 5.96. The molecular weight excluding hydrogens is 262 g/mol. The molecule has 7 heteroatoms. The van der Waals surface area contributed by atoms with Gasteiger partial charge in [0.05, 0.1) is 13.0 Å². The topological polar surface area (TPSA) is 95.0 Å². The van der Waals surface area contributed by atoms with Crippen LogP contribution in [0, 0.1) is 5.39 Å². The molecule has 0 unspecified atom stereocenters. The number of rotatable bonds is 5. The largest absolute Gasteiger partial charge is 0.505 e. The summed E-state index contributed by atoms with van der Waals surface area (Å²) in [7, 11) is 0. The molecule has 0 heterocycles. The molecule has 0 aromatic rings. The van der Waals surface area contributed by atoms with Crippen molar-refractivity contribution >= 4 is 11.9 Å². The number of aliphatic hydroxyl groups is 1. The first kappa shape index (κ1) is 17.9. The SMILES string of the molecule is CCOC(=O)CCN(C(=O)/C([N+]#N)=C(/C)O)C(C)(C)C. The smallest absolute Gasteiger partial charge is 0.485 e. The molecule has 7 nitrogen and oxygen atoms in total. The maximum Gasteiger partial charge on any atom is 0.485 e. The number of aliphatic hydroxyl groups excluding tert-OH is 1. The molecule has 0 bridgehead atoms. The molecule has 0 aromatic heterocycles. The van der Waals surface area contributed by atoms with Crippen molar-refractivity contribution < 1.29 is 19.4 Å². The number of hydrogen-bond acceptors (Lipinski definition) is 5. The minimum atomic E-state index is -0.649. The van der Waals surface area contributed by atoms with Crippen LogP contribution in [0.5, 0.6) is 0 Å². The predicted molar refractivity (Wildman–Crippen MR) is 73.1 cm³/mol. The number of hydrogen-bond donors (Lipinski definition) is 1. The van der Waals surface area contributed by atoms with Crippen LogP contribution in [0.25, 0.3) is 4.98 Å². The molecule has 0 aliphatic heterocycles. The van der Waals surface area contributed by atoms with Crippen LogP contribution in [0.4, 0.5) is 0 Å². The molecule has 0 aromatic carbocycles. The van der Waals surface area contributed by atoms with Crippen LogP contribution in [0.15, 0.2) is 11.5 Å². The summed E-state index contributed by atoms with van der Waals surface area (Å²) in [5, 5.41) is 18.2. The van der Waals surface area contributed by atoms with E-state index in [0.29, 0.717) is 0 Å². The first-order valence-corrected chi connectivity index (χ1v) is 6.37. The van der Waals surface area contributed by atoms with E-state index in [-0.39, 0.29) is 25.3 Å². The standard InChI is InChI=1S/C13H21N3O4/c1-6-20-10(18)7-8-16(13(3,4)5)12(19)11(15-14)9(2)17/h6-8H2,1-5H3/p+1. The number of carbonyl (C=O) groups is 2. The average molecular weight is 284 g/mol. The summed E-state index contributed by atoms with van der Waals surface area (Å²) in [4.78, 5) is 27.8. The highest BCUT2D eigenvalue weighted by Crippen LogP contribution is 2.19. The van der Waals surface area contributed by atoms with Crippen LogP contribution in [-0.4, -0.2) is 40.6 Å². The Bertz CT molecular complexity index is 440. The Morgan fingerprint density at radius 3 is 2.25 bits per heavy atom. The molecule has 0 aliphatic carbocycles. The fourth-order valence-corrected chi connectivity index (χ4v) is 1.58. The lowest BCUT2D eigenvalue weighted by molar-refractivity contribution is -0.144. The molecule has 1 amide bonds. The van der Waals surface area contributed by atoms with Crippen molar-refractivity contribution in [1.82, 2.24) is 4.90 Å². The zero-order chi connectivity index (χ0) is 15.9. The van der Waals surface area contributed by atoms with Gasteiger partial charge in [-0.25, -0.2) is 0 Å². The summed E-state index contributed by atoms with van der Waals surface area (Å²) >= 11 is 0. The van der Waals surface area contributed by atoms with Gasteiger partial charge in [-0.15, -0.1) is 0 Å². The van der Waals surface area contributed by atoms with Crippen molar-refractivity contribution in [2.24, 2.45) is 0 Å². The second kappa shape index (κ2) is 7.48. The van der Waals surface area contributed by atoms with Crippen molar-refractivity contribution in [2.45, 2.75) is 46.6 Å². The first-order valence-electron chi connectivity index (χ1n) is 6.37.